The quantitative estimate of drug-likeness (QED) is 0.230. The first kappa shape index (κ1) is 27.8. The van der Waals surface area contributed by atoms with E-state index in [4.69, 9.17) is 10.4 Å². The summed E-state index contributed by atoms with van der Waals surface area (Å²) in [6.45, 7) is 3.60. The lowest BCUT2D eigenvalue weighted by atomic mass is 9.93. The fourth-order valence-corrected chi connectivity index (χ4v) is 6.71. The van der Waals surface area contributed by atoms with Gasteiger partial charge in [0.25, 0.3) is 10.0 Å². The highest BCUT2D eigenvalue weighted by Gasteiger charge is 2.32. The van der Waals surface area contributed by atoms with Gasteiger partial charge >= 0.3 is 6.18 Å². The summed E-state index contributed by atoms with van der Waals surface area (Å²) in [6.07, 6.45) is 3.27. The van der Waals surface area contributed by atoms with Gasteiger partial charge in [0.2, 0.25) is 5.95 Å². The molecule has 1 aliphatic carbocycles. The van der Waals surface area contributed by atoms with Crippen LogP contribution in [0.2, 0.25) is 0 Å². The number of hydrogen-bond donors (Lipinski definition) is 2. The predicted octanol–water partition coefficient (Wildman–Crippen LogP) is 6.89. The van der Waals surface area contributed by atoms with Crippen molar-refractivity contribution >= 4 is 43.5 Å². The van der Waals surface area contributed by atoms with Crippen LogP contribution in [0, 0.1) is 19.3 Å². The summed E-state index contributed by atoms with van der Waals surface area (Å²) < 4.78 is 69.7. The topological polar surface area (TPSA) is 114 Å². The zero-order valence-corrected chi connectivity index (χ0v) is 23.6. The van der Waals surface area contributed by atoms with Gasteiger partial charge in [0.15, 0.2) is 0 Å². The SMILES string of the molecule is Cc1ccc(S(=O)(=O)n2cc(-c3cnc(C)c4cnc(N[C@@H]5CCCCC5=N)nc34)c3ccc(C(F)(F)F)cc32)cc1. The van der Waals surface area contributed by atoms with E-state index >= 15 is 0 Å². The number of halogens is 3. The molecule has 0 aliphatic heterocycles. The standard InChI is InChI=1S/C30H27F3N6O2S/c1-17-7-10-20(11-8-17)42(40,41)39-16-24(21-12-9-19(13-27(21)39)30(31,32)33)23-15-35-18(2)22-14-36-29(38-28(22)23)37-26-6-4-3-5-25(26)34/h7-16,26,34H,3-6H2,1-2H3,(H,36,37,38)/t26-/m1/s1. The molecule has 1 atom stereocenters. The Hall–Kier alpha value is -4.32. The smallest absolute Gasteiger partial charge is 0.346 e. The van der Waals surface area contributed by atoms with Gasteiger partial charge < -0.3 is 10.7 Å². The van der Waals surface area contributed by atoms with E-state index in [0.29, 0.717) is 51.2 Å². The van der Waals surface area contributed by atoms with E-state index in [2.05, 4.69) is 15.3 Å². The number of anilines is 1. The van der Waals surface area contributed by atoms with Crippen molar-refractivity contribution in [1.29, 1.82) is 5.41 Å². The van der Waals surface area contributed by atoms with Crippen molar-refractivity contribution in [2.75, 3.05) is 5.32 Å². The highest BCUT2D eigenvalue weighted by atomic mass is 32.2. The molecule has 6 rings (SSSR count). The molecule has 12 heteroatoms. The van der Waals surface area contributed by atoms with Gasteiger partial charge in [0, 0.05) is 51.9 Å². The second-order valence-electron chi connectivity index (χ2n) is 10.6. The molecule has 1 fully saturated rings. The summed E-state index contributed by atoms with van der Waals surface area (Å²) in [4.78, 5) is 13.6. The van der Waals surface area contributed by atoms with Gasteiger partial charge in [-0.3, -0.25) is 4.98 Å². The lowest BCUT2D eigenvalue weighted by Gasteiger charge is -2.24. The summed E-state index contributed by atoms with van der Waals surface area (Å²) in [5, 5.41) is 12.5. The summed E-state index contributed by atoms with van der Waals surface area (Å²) in [7, 11) is -4.27. The highest BCUT2D eigenvalue weighted by molar-refractivity contribution is 7.90. The van der Waals surface area contributed by atoms with Crippen LogP contribution in [0.15, 0.2) is 66.0 Å². The molecule has 0 bridgehead atoms. The number of aryl methyl sites for hydroxylation is 2. The third-order valence-corrected chi connectivity index (χ3v) is 9.39. The van der Waals surface area contributed by atoms with E-state index in [9.17, 15) is 21.6 Å². The number of nitrogens with zero attached hydrogens (tertiary/aromatic N) is 4. The summed E-state index contributed by atoms with van der Waals surface area (Å²) in [6, 6.07) is 9.01. The zero-order valence-electron chi connectivity index (χ0n) is 22.8. The molecule has 0 saturated heterocycles. The zero-order chi connectivity index (χ0) is 29.8. The van der Waals surface area contributed by atoms with Crippen molar-refractivity contribution in [2.24, 2.45) is 0 Å². The van der Waals surface area contributed by atoms with Crippen LogP contribution >= 0.6 is 0 Å². The van der Waals surface area contributed by atoms with E-state index in [1.807, 2.05) is 6.92 Å². The molecule has 2 aromatic carbocycles. The van der Waals surface area contributed by atoms with Crippen molar-refractivity contribution < 1.29 is 21.6 Å². The molecule has 0 amide bonds. The van der Waals surface area contributed by atoms with Crippen molar-refractivity contribution in [3.63, 3.8) is 0 Å². The molecule has 3 aromatic heterocycles. The van der Waals surface area contributed by atoms with Crippen LogP contribution in [0.4, 0.5) is 19.1 Å². The first-order chi connectivity index (χ1) is 19.9. The van der Waals surface area contributed by atoms with Crippen LogP contribution in [0.25, 0.3) is 32.9 Å². The van der Waals surface area contributed by atoms with E-state index in [1.54, 1.807) is 31.5 Å². The maximum Gasteiger partial charge on any atom is 0.416 e. The first-order valence-corrected chi connectivity index (χ1v) is 14.9. The lowest BCUT2D eigenvalue weighted by Crippen LogP contribution is -2.32. The molecule has 1 saturated carbocycles. The minimum absolute atomic E-state index is 0.0513. The Bertz CT molecular complexity index is 1970. The summed E-state index contributed by atoms with van der Waals surface area (Å²) >= 11 is 0. The molecule has 216 valence electrons. The Balaban J connectivity index is 1.57. The summed E-state index contributed by atoms with van der Waals surface area (Å²) in [5.74, 6) is 0.307. The Labute approximate surface area is 240 Å². The average molecular weight is 593 g/mol. The number of hydrogen-bond acceptors (Lipinski definition) is 7. The Morgan fingerprint density at radius 3 is 2.45 bits per heavy atom. The summed E-state index contributed by atoms with van der Waals surface area (Å²) in [5.41, 5.74) is 2.27. The van der Waals surface area contributed by atoms with Crippen LogP contribution in [-0.4, -0.2) is 39.1 Å². The third-order valence-electron chi connectivity index (χ3n) is 7.70. The molecular formula is C30H27F3N6O2S. The monoisotopic (exact) mass is 592 g/mol. The Morgan fingerprint density at radius 2 is 1.74 bits per heavy atom. The average Bonchev–Trinajstić information content (AvgIpc) is 3.34. The molecule has 3 heterocycles. The van der Waals surface area contributed by atoms with Crippen LogP contribution in [0.1, 0.15) is 42.5 Å². The number of nitrogens with one attached hydrogen (secondary N) is 2. The number of rotatable bonds is 5. The number of fused-ring (bicyclic) bond motifs is 2. The second kappa shape index (κ2) is 10.2. The van der Waals surface area contributed by atoms with Gasteiger partial charge in [-0.05, 0) is 57.4 Å². The van der Waals surface area contributed by atoms with E-state index in [1.165, 1.54) is 24.4 Å². The van der Waals surface area contributed by atoms with E-state index in [0.717, 1.165) is 40.9 Å². The Kier molecular flexibility index (Phi) is 6.76. The first-order valence-electron chi connectivity index (χ1n) is 13.4. The molecule has 2 N–H and O–H groups in total. The largest absolute Gasteiger partial charge is 0.416 e. The molecule has 1 aliphatic rings. The van der Waals surface area contributed by atoms with Crippen molar-refractivity contribution in [2.45, 2.75) is 56.6 Å². The lowest BCUT2D eigenvalue weighted by molar-refractivity contribution is -0.137. The van der Waals surface area contributed by atoms with Crippen LogP contribution in [-0.2, 0) is 16.2 Å². The van der Waals surface area contributed by atoms with Crippen LogP contribution in [0.3, 0.4) is 0 Å². The normalized spacial score (nSPS) is 16.3. The van der Waals surface area contributed by atoms with Crippen LogP contribution < -0.4 is 5.32 Å². The van der Waals surface area contributed by atoms with E-state index in [-0.39, 0.29) is 16.5 Å². The molecule has 42 heavy (non-hydrogen) atoms. The number of aromatic nitrogens is 4. The fraction of sp³-hybridized carbons (Fsp3) is 0.267. The second-order valence-corrected chi connectivity index (χ2v) is 12.4. The number of pyridine rings is 1. The minimum Gasteiger partial charge on any atom is -0.346 e. The minimum atomic E-state index is -4.67. The van der Waals surface area contributed by atoms with Gasteiger partial charge in [-0.25, -0.2) is 22.4 Å². The molecule has 5 aromatic rings. The maximum atomic E-state index is 13.8. The third kappa shape index (κ3) is 4.89. The van der Waals surface area contributed by atoms with Crippen molar-refractivity contribution in [3.05, 3.63) is 77.9 Å². The highest BCUT2D eigenvalue weighted by Crippen LogP contribution is 2.39. The molecule has 8 nitrogen and oxygen atoms in total. The number of benzene rings is 2. The number of alkyl halides is 3. The molecule has 0 unspecified atom stereocenters. The van der Waals surface area contributed by atoms with E-state index < -0.39 is 21.8 Å². The van der Waals surface area contributed by atoms with Gasteiger partial charge in [0.05, 0.1) is 27.5 Å². The van der Waals surface area contributed by atoms with Crippen molar-refractivity contribution in [3.8, 4) is 11.1 Å². The van der Waals surface area contributed by atoms with Gasteiger partial charge in [0.1, 0.15) is 0 Å². The maximum absolute atomic E-state index is 13.8. The van der Waals surface area contributed by atoms with Crippen LogP contribution in [0.5, 0.6) is 0 Å². The molecule has 0 radical (unpaired) electrons. The predicted molar refractivity (Wildman–Crippen MR) is 155 cm³/mol. The Morgan fingerprint density at radius 1 is 0.976 bits per heavy atom. The molecular weight excluding hydrogens is 565 g/mol. The van der Waals surface area contributed by atoms with Gasteiger partial charge in [-0.2, -0.15) is 13.2 Å². The molecule has 0 spiro atoms. The fourth-order valence-electron chi connectivity index (χ4n) is 5.35. The van der Waals surface area contributed by atoms with Gasteiger partial charge in [-0.1, -0.05) is 30.2 Å². The van der Waals surface area contributed by atoms with Gasteiger partial charge in [-0.15, -0.1) is 0 Å². The van der Waals surface area contributed by atoms with Crippen molar-refractivity contribution in [1.82, 2.24) is 18.9 Å².